The first-order valence-corrected chi connectivity index (χ1v) is 13.3. The monoisotopic (exact) mass is 391 g/mol. The summed E-state index contributed by atoms with van der Waals surface area (Å²) in [5.41, 5.74) is -0.662. The molecule has 0 aliphatic carbocycles. The Labute approximate surface area is 159 Å². The molecular formula is C18H37NO4SSi. The van der Waals surface area contributed by atoms with Crippen LogP contribution >= 0.6 is 11.8 Å². The van der Waals surface area contributed by atoms with Gasteiger partial charge in [-0.2, -0.15) is 11.8 Å². The average Bonchev–Trinajstić information content (AvgIpc) is 2.44. The molecule has 1 aliphatic rings. The van der Waals surface area contributed by atoms with Crippen molar-refractivity contribution in [2.75, 3.05) is 24.7 Å². The number of thioether (sulfide) groups is 1. The number of aliphatic hydroxyl groups excluding tert-OH is 1. The van der Waals surface area contributed by atoms with Crippen LogP contribution < -0.4 is 5.32 Å². The van der Waals surface area contributed by atoms with E-state index in [1.165, 1.54) is 0 Å². The second-order valence-electron chi connectivity index (χ2n) is 8.28. The molecule has 5 nitrogen and oxygen atoms in total. The largest absolute Gasteiger partial charge is 0.414 e. The lowest BCUT2D eigenvalue weighted by molar-refractivity contribution is -0.160. The third kappa shape index (κ3) is 6.24. The van der Waals surface area contributed by atoms with Crippen molar-refractivity contribution in [3.05, 3.63) is 0 Å². The van der Waals surface area contributed by atoms with Crippen molar-refractivity contribution < 1.29 is 19.1 Å². The molecule has 1 saturated heterocycles. The SMILES string of the molecule is CCOCCSCC(O)C[C@H]1NC(=O)[C@@H]1C(C)(O[SiH](C)C)C(C)(C)C. The first-order valence-electron chi connectivity index (χ1n) is 9.34. The third-order valence-corrected chi connectivity index (χ3v) is 7.02. The van der Waals surface area contributed by atoms with Crippen LogP contribution in [0.2, 0.25) is 13.1 Å². The number of β-lactam (4-membered cyclic amide) rings is 1. The molecule has 7 heteroatoms. The summed E-state index contributed by atoms with van der Waals surface area (Å²) in [5, 5.41) is 13.3. The molecule has 0 saturated carbocycles. The normalized spacial score (nSPS) is 24.6. The molecule has 148 valence electrons. The average molecular weight is 392 g/mol. The lowest BCUT2D eigenvalue weighted by Gasteiger charge is -2.54. The first kappa shape index (κ1) is 23.0. The van der Waals surface area contributed by atoms with Gasteiger partial charge in [0.15, 0.2) is 9.04 Å². The maximum absolute atomic E-state index is 12.4. The van der Waals surface area contributed by atoms with Crippen LogP contribution in [-0.2, 0) is 14.0 Å². The van der Waals surface area contributed by atoms with Gasteiger partial charge in [0.25, 0.3) is 0 Å². The van der Waals surface area contributed by atoms with Crippen LogP contribution in [0.5, 0.6) is 0 Å². The van der Waals surface area contributed by atoms with E-state index in [1.54, 1.807) is 11.8 Å². The fourth-order valence-corrected chi connectivity index (χ4v) is 5.61. The molecular weight excluding hydrogens is 354 g/mol. The van der Waals surface area contributed by atoms with Gasteiger partial charge in [-0.3, -0.25) is 4.79 Å². The molecule has 1 heterocycles. The van der Waals surface area contributed by atoms with Crippen LogP contribution in [0.15, 0.2) is 0 Å². The second kappa shape index (κ2) is 9.74. The molecule has 0 aromatic carbocycles. The summed E-state index contributed by atoms with van der Waals surface area (Å²) in [7, 11) is -1.31. The topological polar surface area (TPSA) is 67.8 Å². The predicted octanol–water partition coefficient (Wildman–Crippen LogP) is 2.43. The smallest absolute Gasteiger partial charge is 0.228 e. The highest BCUT2D eigenvalue weighted by atomic mass is 32.2. The van der Waals surface area contributed by atoms with Crippen LogP contribution in [0.25, 0.3) is 0 Å². The van der Waals surface area contributed by atoms with Crippen LogP contribution in [0, 0.1) is 11.3 Å². The summed E-state index contributed by atoms with van der Waals surface area (Å²) in [6.45, 7) is 16.2. The molecule has 0 spiro atoms. The minimum atomic E-state index is -1.31. The molecule has 2 N–H and O–H groups in total. The van der Waals surface area contributed by atoms with Gasteiger partial charge >= 0.3 is 0 Å². The Kier molecular flexibility index (Phi) is 8.94. The summed E-state index contributed by atoms with van der Waals surface area (Å²) >= 11 is 1.69. The maximum atomic E-state index is 12.4. The van der Waals surface area contributed by atoms with Gasteiger partial charge in [-0.25, -0.2) is 0 Å². The number of amides is 1. The minimum Gasteiger partial charge on any atom is -0.414 e. The summed E-state index contributed by atoms with van der Waals surface area (Å²) in [5.74, 6) is 1.39. The molecule has 0 bridgehead atoms. The summed E-state index contributed by atoms with van der Waals surface area (Å²) < 4.78 is 11.7. The van der Waals surface area contributed by atoms with Crippen LogP contribution in [-0.4, -0.2) is 62.5 Å². The number of carbonyl (C=O) groups is 1. The summed E-state index contributed by atoms with van der Waals surface area (Å²) in [4.78, 5) is 12.4. The number of hydrogen-bond donors (Lipinski definition) is 2. The summed E-state index contributed by atoms with van der Waals surface area (Å²) in [6, 6.07) is -0.0213. The van der Waals surface area contributed by atoms with E-state index in [4.69, 9.17) is 9.16 Å². The highest BCUT2D eigenvalue weighted by Gasteiger charge is 2.57. The standard InChI is InChI=1S/C18H37NO4SSi/c1-8-22-9-10-24-12-13(20)11-14-15(16(21)19-14)18(5,17(2,3)4)23-25(6)7/h13-15,20,25H,8-12H2,1-7H3,(H,19,21)/t13?,14-,15-,18?/m1/s1. The Balaban J connectivity index is 2.65. The zero-order chi connectivity index (χ0) is 19.3. The number of hydrogen-bond acceptors (Lipinski definition) is 5. The van der Waals surface area contributed by atoms with Crippen molar-refractivity contribution in [2.24, 2.45) is 11.3 Å². The van der Waals surface area contributed by atoms with Crippen molar-refractivity contribution in [1.29, 1.82) is 0 Å². The zero-order valence-electron chi connectivity index (χ0n) is 16.9. The number of ether oxygens (including phenoxy) is 1. The fraction of sp³-hybridized carbons (Fsp3) is 0.944. The van der Waals surface area contributed by atoms with Crippen LogP contribution in [0.1, 0.15) is 41.0 Å². The number of rotatable bonds is 11. The molecule has 0 aromatic heterocycles. The molecule has 1 aliphatic heterocycles. The number of aliphatic hydroxyl groups is 1. The predicted molar refractivity (Wildman–Crippen MR) is 108 cm³/mol. The van der Waals surface area contributed by atoms with Gasteiger partial charge in [0, 0.05) is 24.2 Å². The van der Waals surface area contributed by atoms with E-state index >= 15 is 0 Å². The maximum Gasteiger partial charge on any atom is 0.228 e. The second-order valence-corrected chi connectivity index (χ2v) is 11.8. The van der Waals surface area contributed by atoms with Gasteiger partial charge in [0.2, 0.25) is 5.91 Å². The molecule has 1 amide bonds. The van der Waals surface area contributed by atoms with Crippen LogP contribution in [0.3, 0.4) is 0 Å². The molecule has 2 unspecified atom stereocenters. The Morgan fingerprint density at radius 1 is 1.32 bits per heavy atom. The van der Waals surface area contributed by atoms with Crippen LogP contribution in [0.4, 0.5) is 0 Å². The summed E-state index contributed by atoms with van der Waals surface area (Å²) in [6.07, 6.45) is 0.146. The first-order chi connectivity index (χ1) is 11.5. The van der Waals surface area contributed by atoms with E-state index in [-0.39, 0.29) is 23.3 Å². The van der Waals surface area contributed by atoms with Gasteiger partial charge in [-0.15, -0.1) is 0 Å². The van der Waals surface area contributed by atoms with E-state index in [0.717, 1.165) is 12.4 Å². The zero-order valence-corrected chi connectivity index (χ0v) is 18.9. The van der Waals surface area contributed by atoms with Crippen molar-refractivity contribution in [3.8, 4) is 0 Å². The van der Waals surface area contributed by atoms with E-state index < -0.39 is 20.7 Å². The molecule has 1 fully saturated rings. The highest BCUT2D eigenvalue weighted by molar-refractivity contribution is 7.99. The van der Waals surface area contributed by atoms with Gasteiger partial charge in [0.05, 0.1) is 24.2 Å². The van der Waals surface area contributed by atoms with E-state index in [9.17, 15) is 9.90 Å². The van der Waals surface area contributed by atoms with Crippen molar-refractivity contribution in [3.63, 3.8) is 0 Å². The Hall–Kier alpha value is -0.0831. The number of nitrogens with one attached hydrogen (secondary N) is 1. The lowest BCUT2D eigenvalue weighted by Crippen LogP contribution is -2.71. The van der Waals surface area contributed by atoms with E-state index in [1.807, 2.05) is 6.92 Å². The third-order valence-electron chi connectivity index (χ3n) is 4.99. The van der Waals surface area contributed by atoms with E-state index in [0.29, 0.717) is 18.8 Å². The van der Waals surface area contributed by atoms with Gasteiger partial charge < -0.3 is 19.6 Å². The Morgan fingerprint density at radius 3 is 2.44 bits per heavy atom. The molecule has 4 atom stereocenters. The van der Waals surface area contributed by atoms with Crippen molar-refractivity contribution >= 4 is 26.7 Å². The lowest BCUT2D eigenvalue weighted by atomic mass is 9.64. The Morgan fingerprint density at radius 2 is 1.96 bits per heavy atom. The van der Waals surface area contributed by atoms with Gasteiger partial charge in [-0.05, 0) is 38.8 Å². The molecule has 25 heavy (non-hydrogen) atoms. The number of carbonyl (C=O) groups excluding carboxylic acids is 1. The van der Waals surface area contributed by atoms with Gasteiger partial charge in [0.1, 0.15) is 0 Å². The highest BCUT2D eigenvalue weighted by Crippen LogP contribution is 2.45. The van der Waals surface area contributed by atoms with E-state index in [2.05, 4.69) is 46.1 Å². The molecule has 0 radical (unpaired) electrons. The quantitative estimate of drug-likeness (QED) is 0.322. The molecule has 0 aromatic rings. The molecule has 1 rings (SSSR count). The fourth-order valence-electron chi connectivity index (χ4n) is 3.32. The van der Waals surface area contributed by atoms with Crippen molar-refractivity contribution in [1.82, 2.24) is 5.32 Å². The minimum absolute atomic E-state index is 0.0213. The van der Waals surface area contributed by atoms with Gasteiger partial charge in [-0.1, -0.05) is 20.8 Å². The van der Waals surface area contributed by atoms with Crippen molar-refractivity contribution in [2.45, 2.75) is 71.9 Å². The Bertz CT molecular complexity index is 430.